The highest BCUT2D eigenvalue weighted by Crippen LogP contribution is 2.38. The van der Waals surface area contributed by atoms with E-state index >= 15 is 0 Å². The second-order valence-corrected chi connectivity index (χ2v) is 7.36. The fourth-order valence-corrected chi connectivity index (χ4v) is 3.81. The number of likely N-dealkylation sites (tertiary alicyclic amines) is 1. The van der Waals surface area contributed by atoms with Gasteiger partial charge in [-0.2, -0.15) is 13.2 Å². The molecule has 0 radical (unpaired) electrons. The van der Waals surface area contributed by atoms with E-state index in [2.05, 4.69) is 19.9 Å². The molecule has 1 aliphatic rings. The minimum atomic E-state index is -4.63. The van der Waals surface area contributed by atoms with Crippen LogP contribution in [0.1, 0.15) is 35.8 Å². The molecule has 1 fully saturated rings. The van der Waals surface area contributed by atoms with Crippen molar-refractivity contribution in [3.05, 3.63) is 41.9 Å². The molecule has 2 N–H and O–H groups in total. The van der Waals surface area contributed by atoms with Crippen LogP contribution >= 0.6 is 0 Å². The Kier molecular flexibility index (Phi) is 5.04. The molecule has 158 valence electrons. The third kappa shape index (κ3) is 3.91. The van der Waals surface area contributed by atoms with Crippen LogP contribution in [0.2, 0.25) is 0 Å². The van der Waals surface area contributed by atoms with E-state index < -0.39 is 11.7 Å². The summed E-state index contributed by atoms with van der Waals surface area (Å²) in [5.41, 5.74) is 5.04. The lowest BCUT2D eigenvalue weighted by Gasteiger charge is -2.33. The Morgan fingerprint density at radius 2 is 2.10 bits per heavy atom. The molecule has 0 spiro atoms. The Bertz CT molecular complexity index is 1080. The van der Waals surface area contributed by atoms with Crippen LogP contribution in [0.25, 0.3) is 11.0 Å². The number of fused-ring (bicyclic) bond motifs is 1. The number of carbonyl (C=O) groups excluding carboxylic acids is 1. The van der Waals surface area contributed by atoms with Crippen LogP contribution in [0, 0.1) is 6.92 Å². The molecule has 3 aromatic rings. The van der Waals surface area contributed by atoms with Crippen molar-refractivity contribution in [1.29, 1.82) is 0 Å². The zero-order valence-electron chi connectivity index (χ0n) is 16.2. The molecule has 30 heavy (non-hydrogen) atoms. The lowest BCUT2D eigenvalue weighted by molar-refractivity contribution is -0.136. The van der Waals surface area contributed by atoms with Crippen LogP contribution in [0.5, 0.6) is 0 Å². The molecule has 0 aromatic carbocycles. The van der Waals surface area contributed by atoms with E-state index in [0.717, 1.165) is 6.07 Å². The molecule has 1 atom stereocenters. The largest absolute Gasteiger partial charge is 0.417 e. The first-order chi connectivity index (χ1) is 14.2. The van der Waals surface area contributed by atoms with Gasteiger partial charge in [0.2, 0.25) is 5.91 Å². The summed E-state index contributed by atoms with van der Waals surface area (Å²) in [7, 11) is 0. The maximum absolute atomic E-state index is 13.8. The standard InChI is InChI=1S/C19H20F3N7O/c1-11-25-17(23)16-13(19(20,21)22)7-14(27-18(16)26-11)12-3-2-5-29(8-12)15(30)9-28-6-4-24-10-28/h4,6-7,10,12H,2-3,5,8-9H2,1H3,(H2,23,25,26,27)/t12-/m0/s1. The van der Waals surface area contributed by atoms with Crippen LogP contribution in [-0.4, -0.2) is 48.4 Å². The normalized spacial score (nSPS) is 17.5. The Morgan fingerprint density at radius 1 is 1.30 bits per heavy atom. The summed E-state index contributed by atoms with van der Waals surface area (Å²) in [4.78, 5) is 30.5. The number of carbonyl (C=O) groups is 1. The Morgan fingerprint density at radius 3 is 2.80 bits per heavy atom. The van der Waals surface area contributed by atoms with Gasteiger partial charge in [0.1, 0.15) is 18.2 Å². The highest BCUT2D eigenvalue weighted by molar-refractivity contribution is 5.89. The minimum Gasteiger partial charge on any atom is -0.383 e. The summed E-state index contributed by atoms with van der Waals surface area (Å²) in [6.07, 6.45) is 1.49. The number of amides is 1. The Hall–Kier alpha value is -3.24. The summed E-state index contributed by atoms with van der Waals surface area (Å²) in [5.74, 6) is -0.437. The monoisotopic (exact) mass is 419 g/mol. The van der Waals surface area contributed by atoms with Gasteiger partial charge in [-0.15, -0.1) is 0 Å². The molecule has 0 unspecified atom stereocenters. The lowest BCUT2D eigenvalue weighted by atomic mass is 9.92. The average Bonchev–Trinajstić information content (AvgIpc) is 3.19. The maximum Gasteiger partial charge on any atom is 0.417 e. The van der Waals surface area contributed by atoms with E-state index in [9.17, 15) is 18.0 Å². The number of aryl methyl sites for hydroxylation is 1. The molecular formula is C19H20F3N7O. The van der Waals surface area contributed by atoms with Gasteiger partial charge in [-0.25, -0.2) is 19.9 Å². The number of alkyl halides is 3. The highest BCUT2D eigenvalue weighted by atomic mass is 19.4. The van der Waals surface area contributed by atoms with Crippen molar-refractivity contribution in [1.82, 2.24) is 29.4 Å². The highest BCUT2D eigenvalue weighted by Gasteiger charge is 2.36. The molecule has 3 aromatic heterocycles. The summed E-state index contributed by atoms with van der Waals surface area (Å²) < 4.78 is 42.9. The van der Waals surface area contributed by atoms with Gasteiger partial charge in [0, 0.05) is 37.1 Å². The van der Waals surface area contributed by atoms with Gasteiger partial charge in [-0.05, 0) is 25.8 Å². The third-order valence-electron chi connectivity index (χ3n) is 5.20. The van der Waals surface area contributed by atoms with E-state index in [1.54, 1.807) is 35.1 Å². The molecule has 0 saturated carbocycles. The van der Waals surface area contributed by atoms with Crippen molar-refractivity contribution in [2.75, 3.05) is 18.8 Å². The molecule has 0 aliphatic carbocycles. The molecule has 4 heterocycles. The lowest BCUT2D eigenvalue weighted by Crippen LogP contribution is -2.41. The van der Waals surface area contributed by atoms with Gasteiger partial charge < -0.3 is 15.2 Å². The van der Waals surface area contributed by atoms with Crippen LogP contribution in [0.3, 0.4) is 0 Å². The second-order valence-electron chi connectivity index (χ2n) is 7.36. The maximum atomic E-state index is 13.8. The van der Waals surface area contributed by atoms with Gasteiger partial charge in [-0.3, -0.25) is 4.79 Å². The molecular weight excluding hydrogens is 399 g/mol. The van der Waals surface area contributed by atoms with Crippen LogP contribution in [0.15, 0.2) is 24.8 Å². The number of nitrogens with zero attached hydrogens (tertiary/aromatic N) is 6. The van der Waals surface area contributed by atoms with Crippen LogP contribution < -0.4 is 5.73 Å². The summed E-state index contributed by atoms with van der Waals surface area (Å²) in [6, 6.07) is 1.02. The summed E-state index contributed by atoms with van der Waals surface area (Å²) >= 11 is 0. The Balaban J connectivity index is 1.67. The van der Waals surface area contributed by atoms with Crippen molar-refractivity contribution in [2.45, 2.75) is 38.4 Å². The van der Waals surface area contributed by atoms with Crippen LogP contribution in [-0.2, 0) is 17.5 Å². The predicted molar refractivity (Wildman–Crippen MR) is 102 cm³/mol. The number of aromatic nitrogens is 5. The van der Waals surface area contributed by atoms with E-state index in [1.807, 2.05) is 0 Å². The average molecular weight is 419 g/mol. The summed E-state index contributed by atoms with van der Waals surface area (Å²) in [6.45, 7) is 2.53. The zero-order chi connectivity index (χ0) is 21.5. The van der Waals surface area contributed by atoms with E-state index in [-0.39, 0.29) is 46.7 Å². The van der Waals surface area contributed by atoms with Gasteiger partial charge in [0.05, 0.1) is 17.3 Å². The number of imidazole rings is 1. The SMILES string of the molecule is Cc1nc(N)c2c(C(F)(F)F)cc([C@H]3CCCN(C(=O)Cn4ccnc4)C3)nc2n1. The minimum absolute atomic E-state index is 0.0771. The zero-order valence-corrected chi connectivity index (χ0v) is 16.2. The molecule has 11 heteroatoms. The first-order valence-corrected chi connectivity index (χ1v) is 9.48. The number of rotatable bonds is 3. The molecule has 1 aliphatic heterocycles. The molecule has 1 amide bonds. The van der Waals surface area contributed by atoms with Crippen molar-refractivity contribution >= 4 is 22.8 Å². The van der Waals surface area contributed by atoms with Gasteiger partial charge in [0.25, 0.3) is 0 Å². The first kappa shape index (κ1) is 20.0. The van der Waals surface area contributed by atoms with Gasteiger partial charge in [-0.1, -0.05) is 0 Å². The number of nitrogens with two attached hydrogens (primary N) is 1. The number of hydrogen-bond donors (Lipinski definition) is 1. The summed E-state index contributed by atoms with van der Waals surface area (Å²) in [5, 5.41) is -0.291. The second kappa shape index (κ2) is 7.54. The van der Waals surface area contributed by atoms with Gasteiger partial charge >= 0.3 is 6.18 Å². The third-order valence-corrected chi connectivity index (χ3v) is 5.20. The van der Waals surface area contributed by atoms with Crippen molar-refractivity contribution in [3.63, 3.8) is 0 Å². The number of anilines is 1. The van der Waals surface area contributed by atoms with Crippen molar-refractivity contribution < 1.29 is 18.0 Å². The fourth-order valence-electron chi connectivity index (χ4n) is 3.81. The van der Waals surface area contributed by atoms with E-state index in [0.29, 0.717) is 25.9 Å². The molecule has 4 rings (SSSR count). The number of halogens is 3. The number of nitrogen functional groups attached to an aromatic ring is 1. The quantitative estimate of drug-likeness (QED) is 0.700. The molecule has 8 nitrogen and oxygen atoms in total. The topological polar surface area (TPSA) is 103 Å². The number of piperidine rings is 1. The van der Waals surface area contributed by atoms with E-state index in [4.69, 9.17) is 5.73 Å². The van der Waals surface area contributed by atoms with Crippen molar-refractivity contribution in [3.8, 4) is 0 Å². The smallest absolute Gasteiger partial charge is 0.383 e. The van der Waals surface area contributed by atoms with Crippen molar-refractivity contribution in [2.24, 2.45) is 0 Å². The fraction of sp³-hybridized carbons (Fsp3) is 0.421. The molecule has 0 bridgehead atoms. The van der Waals surface area contributed by atoms with E-state index in [1.165, 1.54) is 0 Å². The number of hydrogen-bond acceptors (Lipinski definition) is 6. The van der Waals surface area contributed by atoms with Gasteiger partial charge in [0.15, 0.2) is 5.65 Å². The van der Waals surface area contributed by atoms with Crippen LogP contribution in [0.4, 0.5) is 19.0 Å². The number of pyridine rings is 1. The predicted octanol–water partition coefficient (Wildman–Crippen LogP) is 2.54. The Labute approximate surface area is 170 Å². The first-order valence-electron chi connectivity index (χ1n) is 9.48. The molecule has 1 saturated heterocycles.